The summed E-state index contributed by atoms with van der Waals surface area (Å²) in [6.07, 6.45) is 0.790. The van der Waals surface area contributed by atoms with E-state index in [-0.39, 0.29) is 12.4 Å². The molecule has 0 saturated carbocycles. The standard InChI is InChI=1S/C6H9NO4.ClH/c8-5(9)3-1-2-4(7-3)6(10)11;/h3-4,7H,1-2H2,(H,8,9)(H,10,11);1H/t3-,4-;/m0./s1. The number of halogens is 1. The summed E-state index contributed by atoms with van der Waals surface area (Å²) in [6, 6.07) is -1.37. The van der Waals surface area contributed by atoms with E-state index < -0.39 is 24.0 Å². The van der Waals surface area contributed by atoms with Gasteiger partial charge in [-0.15, -0.1) is 12.4 Å². The molecule has 6 heteroatoms. The highest BCUT2D eigenvalue weighted by Crippen LogP contribution is 2.12. The second-order valence-corrected chi connectivity index (χ2v) is 2.53. The minimum Gasteiger partial charge on any atom is -0.480 e. The van der Waals surface area contributed by atoms with Crippen LogP contribution < -0.4 is 5.32 Å². The van der Waals surface area contributed by atoms with Gasteiger partial charge in [-0.2, -0.15) is 0 Å². The molecule has 1 aliphatic rings. The zero-order valence-corrected chi connectivity index (χ0v) is 7.00. The first kappa shape index (κ1) is 11.2. The van der Waals surface area contributed by atoms with Crippen molar-refractivity contribution in [3.8, 4) is 0 Å². The molecule has 1 saturated heterocycles. The van der Waals surface area contributed by atoms with Crippen LogP contribution in [0.1, 0.15) is 12.8 Å². The number of carbonyl (C=O) groups is 2. The van der Waals surface area contributed by atoms with Crippen molar-refractivity contribution in [2.75, 3.05) is 0 Å². The fraction of sp³-hybridized carbons (Fsp3) is 0.667. The molecule has 12 heavy (non-hydrogen) atoms. The van der Waals surface area contributed by atoms with Crippen molar-refractivity contribution in [1.82, 2.24) is 5.32 Å². The maximum atomic E-state index is 10.3. The molecule has 0 spiro atoms. The van der Waals surface area contributed by atoms with Crippen LogP contribution in [0.2, 0.25) is 0 Å². The lowest BCUT2D eigenvalue weighted by Crippen LogP contribution is -2.39. The van der Waals surface area contributed by atoms with Crippen LogP contribution in [0.3, 0.4) is 0 Å². The van der Waals surface area contributed by atoms with Crippen LogP contribution in [0, 0.1) is 0 Å². The van der Waals surface area contributed by atoms with Crippen molar-refractivity contribution < 1.29 is 19.8 Å². The summed E-state index contributed by atoms with van der Waals surface area (Å²) in [7, 11) is 0. The molecule has 0 aromatic carbocycles. The summed E-state index contributed by atoms with van der Waals surface area (Å²) >= 11 is 0. The van der Waals surface area contributed by atoms with E-state index in [0.717, 1.165) is 0 Å². The lowest BCUT2D eigenvalue weighted by Gasteiger charge is -2.05. The monoisotopic (exact) mass is 195 g/mol. The Kier molecular flexibility index (Phi) is 3.99. The van der Waals surface area contributed by atoms with E-state index in [1.165, 1.54) is 0 Å². The first-order chi connectivity index (χ1) is 5.11. The van der Waals surface area contributed by atoms with E-state index in [1.807, 2.05) is 0 Å². The van der Waals surface area contributed by atoms with Crippen LogP contribution in [0.25, 0.3) is 0 Å². The number of hydrogen-bond donors (Lipinski definition) is 3. The van der Waals surface area contributed by atoms with Gasteiger partial charge >= 0.3 is 11.9 Å². The molecule has 5 nitrogen and oxygen atoms in total. The van der Waals surface area contributed by atoms with Crippen LogP contribution in [0.5, 0.6) is 0 Å². The normalized spacial score (nSPS) is 27.7. The molecule has 0 unspecified atom stereocenters. The van der Waals surface area contributed by atoms with Gasteiger partial charge < -0.3 is 10.2 Å². The Morgan fingerprint density at radius 3 is 1.58 bits per heavy atom. The third-order valence-corrected chi connectivity index (χ3v) is 1.74. The highest BCUT2D eigenvalue weighted by molar-refractivity contribution is 5.85. The van der Waals surface area contributed by atoms with Crippen molar-refractivity contribution in [2.45, 2.75) is 24.9 Å². The summed E-state index contributed by atoms with van der Waals surface area (Å²) in [5.41, 5.74) is 0. The molecule has 1 aliphatic heterocycles. The SMILES string of the molecule is Cl.O=C(O)[C@@H]1CC[C@@H](C(=O)O)N1. The molecule has 3 N–H and O–H groups in total. The Morgan fingerprint density at radius 2 is 1.42 bits per heavy atom. The topological polar surface area (TPSA) is 86.6 Å². The number of rotatable bonds is 2. The molecule has 70 valence electrons. The van der Waals surface area contributed by atoms with Gasteiger partial charge in [0.1, 0.15) is 12.1 Å². The minimum atomic E-state index is -0.978. The largest absolute Gasteiger partial charge is 0.480 e. The van der Waals surface area contributed by atoms with Gasteiger partial charge in [0.15, 0.2) is 0 Å². The van der Waals surface area contributed by atoms with Crippen LogP contribution in [0.15, 0.2) is 0 Å². The molecule has 1 fully saturated rings. The van der Waals surface area contributed by atoms with Gasteiger partial charge in [0, 0.05) is 0 Å². The lowest BCUT2D eigenvalue weighted by atomic mass is 10.2. The third-order valence-electron chi connectivity index (χ3n) is 1.74. The van der Waals surface area contributed by atoms with Crippen molar-refractivity contribution in [3.05, 3.63) is 0 Å². The Hall–Kier alpha value is -0.810. The van der Waals surface area contributed by atoms with E-state index in [9.17, 15) is 9.59 Å². The van der Waals surface area contributed by atoms with Crippen LogP contribution >= 0.6 is 12.4 Å². The maximum Gasteiger partial charge on any atom is 0.320 e. The predicted molar refractivity (Wildman–Crippen MR) is 42.5 cm³/mol. The van der Waals surface area contributed by atoms with E-state index in [2.05, 4.69) is 5.32 Å². The highest BCUT2D eigenvalue weighted by atomic mass is 35.5. The highest BCUT2D eigenvalue weighted by Gasteiger charge is 2.32. The van der Waals surface area contributed by atoms with Gasteiger partial charge in [-0.05, 0) is 12.8 Å². The number of nitrogens with one attached hydrogen (secondary N) is 1. The van der Waals surface area contributed by atoms with Gasteiger partial charge in [-0.25, -0.2) is 0 Å². The summed E-state index contributed by atoms with van der Waals surface area (Å²) in [5.74, 6) is -1.96. The van der Waals surface area contributed by atoms with Gasteiger partial charge in [-0.1, -0.05) is 0 Å². The molecule has 0 aromatic rings. The number of carboxylic acid groups (broad SMARTS) is 2. The zero-order valence-electron chi connectivity index (χ0n) is 6.19. The van der Waals surface area contributed by atoms with E-state index in [4.69, 9.17) is 10.2 Å². The average molecular weight is 196 g/mol. The van der Waals surface area contributed by atoms with Gasteiger partial charge in [0.2, 0.25) is 0 Å². The Balaban J connectivity index is 0.00000121. The van der Waals surface area contributed by atoms with Crippen LogP contribution in [0.4, 0.5) is 0 Å². The lowest BCUT2D eigenvalue weighted by molar-refractivity contribution is -0.140. The second kappa shape index (κ2) is 4.27. The fourth-order valence-corrected chi connectivity index (χ4v) is 1.13. The molecule has 1 rings (SSSR count). The second-order valence-electron chi connectivity index (χ2n) is 2.53. The molecule has 2 atom stereocenters. The quantitative estimate of drug-likeness (QED) is 0.563. The Labute approximate surface area is 75.2 Å². The molecule has 0 amide bonds. The van der Waals surface area contributed by atoms with E-state index >= 15 is 0 Å². The molecule has 0 aliphatic carbocycles. The van der Waals surface area contributed by atoms with Crippen LogP contribution in [-0.2, 0) is 9.59 Å². The van der Waals surface area contributed by atoms with Crippen molar-refractivity contribution in [2.24, 2.45) is 0 Å². The van der Waals surface area contributed by atoms with E-state index in [1.54, 1.807) is 0 Å². The van der Waals surface area contributed by atoms with Crippen molar-refractivity contribution in [3.63, 3.8) is 0 Å². The van der Waals surface area contributed by atoms with E-state index in [0.29, 0.717) is 12.8 Å². The summed E-state index contributed by atoms with van der Waals surface area (Å²) in [4.78, 5) is 20.6. The van der Waals surface area contributed by atoms with Crippen molar-refractivity contribution in [1.29, 1.82) is 0 Å². The Morgan fingerprint density at radius 1 is 1.08 bits per heavy atom. The minimum absolute atomic E-state index is 0. The number of aliphatic carboxylic acids is 2. The molecule has 0 radical (unpaired) electrons. The fourth-order valence-electron chi connectivity index (χ4n) is 1.13. The molecule has 0 bridgehead atoms. The summed E-state index contributed by atoms with van der Waals surface area (Å²) in [5, 5.41) is 19.4. The average Bonchev–Trinajstić information content (AvgIpc) is 2.33. The van der Waals surface area contributed by atoms with Gasteiger partial charge in [-0.3, -0.25) is 14.9 Å². The smallest absolute Gasteiger partial charge is 0.320 e. The molecule has 0 aromatic heterocycles. The Bertz CT molecular complexity index is 176. The third kappa shape index (κ3) is 2.35. The van der Waals surface area contributed by atoms with Crippen molar-refractivity contribution >= 4 is 24.3 Å². The number of hydrogen-bond acceptors (Lipinski definition) is 3. The molecule has 1 heterocycles. The molecular formula is C6H10ClNO4. The molecular weight excluding hydrogens is 186 g/mol. The predicted octanol–water partition coefficient (Wildman–Crippen LogP) is -0.302. The zero-order chi connectivity index (χ0) is 8.43. The summed E-state index contributed by atoms with van der Waals surface area (Å²) in [6.45, 7) is 0. The summed E-state index contributed by atoms with van der Waals surface area (Å²) < 4.78 is 0. The van der Waals surface area contributed by atoms with Gasteiger partial charge in [0.25, 0.3) is 0 Å². The first-order valence-corrected chi connectivity index (χ1v) is 3.33. The maximum absolute atomic E-state index is 10.3. The van der Waals surface area contributed by atoms with Gasteiger partial charge in [0.05, 0.1) is 0 Å². The first-order valence-electron chi connectivity index (χ1n) is 3.33. The number of carboxylic acids is 2. The van der Waals surface area contributed by atoms with Crippen LogP contribution in [-0.4, -0.2) is 34.2 Å².